The quantitative estimate of drug-likeness (QED) is 0.727. The van der Waals surface area contributed by atoms with Crippen LogP contribution in [0.2, 0.25) is 0 Å². The van der Waals surface area contributed by atoms with E-state index >= 15 is 0 Å². The second-order valence-electron chi connectivity index (χ2n) is 7.28. The molecule has 3 aromatic rings. The average molecular weight is 384 g/mol. The van der Waals surface area contributed by atoms with Crippen LogP contribution in [0.25, 0.3) is 11.2 Å². The summed E-state index contributed by atoms with van der Waals surface area (Å²) in [6.45, 7) is 2.75. The lowest BCUT2D eigenvalue weighted by Crippen LogP contribution is -2.34. The number of sulfonamides is 1. The zero-order valence-electron chi connectivity index (χ0n) is 14.7. The molecule has 140 valence electrons. The normalized spacial score (nSPS) is 23.2. The minimum atomic E-state index is -3.29. The lowest BCUT2D eigenvalue weighted by molar-refractivity contribution is 0.452. The van der Waals surface area contributed by atoms with Crippen molar-refractivity contribution in [2.75, 3.05) is 31.1 Å². The van der Waals surface area contributed by atoms with Gasteiger partial charge in [-0.3, -0.25) is 0 Å². The van der Waals surface area contributed by atoms with Crippen LogP contribution in [0.1, 0.15) is 5.56 Å². The second kappa shape index (κ2) is 6.28. The highest BCUT2D eigenvalue weighted by Gasteiger charge is 2.44. The number of hydrogen-bond donors (Lipinski definition) is 1. The van der Waals surface area contributed by atoms with Crippen molar-refractivity contribution in [3.05, 3.63) is 48.5 Å². The van der Waals surface area contributed by atoms with Gasteiger partial charge < -0.3 is 9.88 Å². The number of imidazole rings is 1. The van der Waals surface area contributed by atoms with E-state index in [0.717, 1.165) is 30.0 Å². The van der Waals surface area contributed by atoms with Crippen LogP contribution in [0.15, 0.2) is 43.0 Å². The molecule has 2 saturated heterocycles. The fourth-order valence-corrected chi connectivity index (χ4v) is 5.85. The molecule has 0 amide bonds. The van der Waals surface area contributed by atoms with Crippen LogP contribution in [-0.2, 0) is 15.8 Å². The van der Waals surface area contributed by atoms with Crippen molar-refractivity contribution in [2.45, 2.75) is 5.75 Å². The Morgan fingerprint density at radius 1 is 1.00 bits per heavy atom. The van der Waals surface area contributed by atoms with Crippen LogP contribution >= 0.6 is 0 Å². The molecule has 9 heteroatoms. The zero-order valence-corrected chi connectivity index (χ0v) is 15.5. The number of hydrogen-bond acceptors (Lipinski definition) is 6. The highest BCUT2D eigenvalue weighted by Crippen LogP contribution is 2.36. The van der Waals surface area contributed by atoms with Gasteiger partial charge in [0.15, 0.2) is 11.5 Å². The monoisotopic (exact) mass is 384 g/mol. The summed E-state index contributed by atoms with van der Waals surface area (Å²) in [7, 11) is -3.29. The molecule has 27 heavy (non-hydrogen) atoms. The molecule has 2 aromatic heterocycles. The van der Waals surface area contributed by atoms with Crippen LogP contribution in [0.5, 0.6) is 0 Å². The van der Waals surface area contributed by atoms with Gasteiger partial charge in [0.25, 0.3) is 0 Å². The number of nitrogens with zero attached hydrogens (tertiary/aromatic N) is 5. The molecular formula is C18H20N6O2S. The number of aromatic nitrogens is 4. The number of aromatic amines is 1. The number of benzene rings is 1. The van der Waals surface area contributed by atoms with E-state index in [1.54, 1.807) is 10.6 Å². The van der Waals surface area contributed by atoms with Gasteiger partial charge in [0.05, 0.1) is 12.1 Å². The van der Waals surface area contributed by atoms with E-state index in [4.69, 9.17) is 0 Å². The molecule has 8 nitrogen and oxygen atoms in total. The van der Waals surface area contributed by atoms with Crippen LogP contribution in [-0.4, -0.2) is 58.8 Å². The summed E-state index contributed by atoms with van der Waals surface area (Å²) in [4.78, 5) is 18.1. The van der Waals surface area contributed by atoms with E-state index in [-0.39, 0.29) is 5.75 Å². The lowest BCUT2D eigenvalue weighted by atomic mass is 10.0. The predicted molar refractivity (Wildman–Crippen MR) is 102 cm³/mol. The molecule has 0 bridgehead atoms. The van der Waals surface area contributed by atoms with Crippen molar-refractivity contribution >= 4 is 27.0 Å². The molecule has 0 aliphatic carbocycles. The van der Waals surface area contributed by atoms with Gasteiger partial charge in [0.1, 0.15) is 11.8 Å². The summed E-state index contributed by atoms with van der Waals surface area (Å²) in [6, 6.07) is 9.37. The third-order valence-corrected chi connectivity index (χ3v) is 7.32. The van der Waals surface area contributed by atoms with E-state index in [1.165, 1.54) is 6.33 Å². The predicted octanol–water partition coefficient (Wildman–Crippen LogP) is 1.25. The van der Waals surface area contributed by atoms with Gasteiger partial charge in [-0.15, -0.1) is 0 Å². The molecule has 0 radical (unpaired) electrons. The molecule has 0 saturated carbocycles. The maximum absolute atomic E-state index is 12.8. The zero-order chi connectivity index (χ0) is 18.4. The Morgan fingerprint density at radius 3 is 2.48 bits per heavy atom. The molecule has 2 atom stereocenters. The van der Waals surface area contributed by atoms with Crippen molar-refractivity contribution < 1.29 is 8.42 Å². The fourth-order valence-electron chi connectivity index (χ4n) is 4.22. The van der Waals surface area contributed by atoms with Crippen molar-refractivity contribution in [3.8, 4) is 0 Å². The number of H-pyrrole nitrogens is 1. The Bertz CT molecular complexity index is 1050. The Kier molecular flexibility index (Phi) is 3.87. The Labute approximate surface area is 157 Å². The molecule has 4 heterocycles. The van der Waals surface area contributed by atoms with E-state index in [9.17, 15) is 8.42 Å². The first-order valence-electron chi connectivity index (χ1n) is 9.01. The summed E-state index contributed by atoms with van der Waals surface area (Å²) < 4.78 is 27.3. The third kappa shape index (κ3) is 2.96. The largest absolute Gasteiger partial charge is 0.354 e. The molecule has 2 aliphatic heterocycles. The van der Waals surface area contributed by atoms with Crippen molar-refractivity contribution in [2.24, 2.45) is 11.8 Å². The van der Waals surface area contributed by atoms with Gasteiger partial charge in [-0.25, -0.2) is 27.7 Å². The minimum absolute atomic E-state index is 0.0671. The molecule has 1 aromatic carbocycles. The van der Waals surface area contributed by atoms with Gasteiger partial charge in [-0.2, -0.15) is 0 Å². The Balaban J connectivity index is 1.30. The van der Waals surface area contributed by atoms with Crippen LogP contribution < -0.4 is 4.90 Å². The maximum Gasteiger partial charge on any atom is 0.218 e. The summed E-state index contributed by atoms with van der Waals surface area (Å²) in [5, 5.41) is 0. The van der Waals surface area contributed by atoms with Crippen LogP contribution in [0.4, 0.5) is 5.82 Å². The topological polar surface area (TPSA) is 95.1 Å². The number of anilines is 1. The van der Waals surface area contributed by atoms with Crippen LogP contribution in [0, 0.1) is 11.8 Å². The fraction of sp³-hybridized carbons (Fsp3) is 0.389. The molecule has 0 spiro atoms. The van der Waals surface area contributed by atoms with Crippen molar-refractivity contribution in [1.29, 1.82) is 0 Å². The third-order valence-electron chi connectivity index (χ3n) is 5.54. The van der Waals surface area contributed by atoms with Gasteiger partial charge in [-0.05, 0) is 17.4 Å². The van der Waals surface area contributed by atoms with Gasteiger partial charge in [0, 0.05) is 26.2 Å². The molecule has 5 rings (SSSR count). The molecule has 2 fully saturated rings. The second-order valence-corrected chi connectivity index (χ2v) is 9.25. The average Bonchev–Trinajstić information content (AvgIpc) is 3.36. The SMILES string of the molecule is O=S(=O)(Cc1ccccc1)N1CC2CN(c3ncnc4nc[nH]c34)CC2C1. The summed E-state index contributed by atoms with van der Waals surface area (Å²) in [5.41, 5.74) is 2.33. The summed E-state index contributed by atoms with van der Waals surface area (Å²) in [6.07, 6.45) is 3.15. The molecule has 1 N–H and O–H groups in total. The summed E-state index contributed by atoms with van der Waals surface area (Å²) >= 11 is 0. The Hall–Kier alpha value is -2.52. The van der Waals surface area contributed by atoms with E-state index in [0.29, 0.717) is 30.6 Å². The Morgan fingerprint density at radius 2 is 1.74 bits per heavy atom. The maximum atomic E-state index is 12.8. The van der Waals surface area contributed by atoms with Crippen molar-refractivity contribution in [1.82, 2.24) is 24.2 Å². The van der Waals surface area contributed by atoms with Gasteiger partial charge in [-0.1, -0.05) is 30.3 Å². The first-order valence-corrected chi connectivity index (χ1v) is 10.6. The van der Waals surface area contributed by atoms with E-state index < -0.39 is 10.0 Å². The van der Waals surface area contributed by atoms with Crippen molar-refractivity contribution in [3.63, 3.8) is 0 Å². The standard InChI is InChI=1S/C18H20N6O2S/c25-27(26,10-13-4-2-1-3-5-13)24-8-14-6-23(7-15(14)9-24)18-16-17(20-11-19-16)21-12-22-18/h1-5,11-12,14-15H,6-10H2,(H,19,20,21,22). The molecule has 2 unspecified atom stereocenters. The van der Waals surface area contributed by atoms with Crippen LogP contribution in [0.3, 0.4) is 0 Å². The summed E-state index contributed by atoms with van der Waals surface area (Å²) in [5.74, 6) is 1.56. The number of rotatable bonds is 4. The highest BCUT2D eigenvalue weighted by molar-refractivity contribution is 7.88. The first-order chi connectivity index (χ1) is 13.1. The smallest absolute Gasteiger partial charge is 0.218 e. The van der Waals surface area contributed by atoms with Gasteiger partial charge >= 0.3 is 0 Å². The highest BCUT2D eigenvalue weighted by atomic mass is 32.2. The van der Waals surface area contributed by atoms with E-state index in [2.05, 4.69) is 24.8 Å². The number of nitrogens with one attached hydrogen (secondary N) is 1. The molecular weight excluding hydrogens is 364 g/mol. The molecule has 2 aliphatic rings. The lowest BCUT2D eigenvalue weighted by Gasteiger charge is -2.22. The minimum Gasteiger partial charge on any atom is -0.354 e. The van der Waals surface area contributed by atoms with Gasteiger partial charge in [0.2, 0.25) is 10.0 Å². The number of fused-ring (bicyclic) bond motifs is 2. The van der Waals surface area contributed by atoms with E-state index in [1.807, 2.05) is 30.3 Å². The first kappa shape index (κ1) is 16.6.